The normalized spacial score (nSPS) is 11.1. The molecule has 0 aromatic carbocycles. The molecule has 2 heterocycles. The van der Waals surface area contributed by atoms with Crippen LogP contribution in [-0.4, -0.2) is 14.7 Å². The molecule has 2 aromatic heterocycles. The van der Waals surface area contributed by atoms with Gasteiger partial charge in [0.25, 0.3) is 0 Å². The highest BCUT2D eigenvalue weighted by Gasteiger charge is 2.10. The van der Waals surface area contributed by atoms with Crippen LogP contribution in [-0.2, 0) is 13.0 Å². The molecular weight excluding hydrogens is 214 g/mol. The first-order chi connectivity index (χ1) is 8.11. The Morgan fingerprint density at radius 3 is 2.65 bits per heavy atom. The molecule has 0 aliphatic rings. The molecule has 0 N–H and O–H groups in total. The Kier molecular flexibility index (Phi) is 3.31. The second kappa shape index (κ2) is 4.73. The maximum absolute atomic E-state index is 5.24. The second-order valence-electron chi connectivity index (χ2n) is 4.50. The molecule has 0 spiro atoms. The van der Waals surface area contributed by atoms with Gasteiger partial charge < -0.3 is 9.09 Å². The van der Waals surface area contributed by atoms with Crippen LogP contribution in [0.2, 0.25) is 0 Å². The van der Waals surface area contributed by atoms with Gasteiger partial charge in [-0.05, 0) is 38.3 Å². The van der Waals surface area contributed by atoms with Crippen LogP contribution in [0.4, 0.5) is 0 Å². The molecule has 0 saturated heterocycles. The van der Waals surface area contributed by atoms with Crippen molar-refractivity contribution in [3.05, 3.63) is 34.7 Å². The zero-order valence-corrected chi connectivity index (χ0v) is 10.9. The summed E-state index contributed by atoms with van der Waals surface area (Å²) in [4.78, 5) is 4.38. The highest BCUT2D eigenvalue weighted by molar-refractivity contribution is 5.29. The SMILES string of the molecule is CCCc1noc(Cn2cc(C)c(C)c2C)n1. The van der Waals surface area contributed by atoms with Crippen LogP contribution in [0, 0.1) is 20.8 Å². The fourth-order valence-corrected chi connectivity index (χ4v) is 1.92. The summed E-state index contributed by atoms with van der Waals surface area (Å²) < 4.78 is 7.40. The first-order valence-corrected chi connectivity index (χ1v) is 6.06. The summed E-state index contributed by atoms with van der Waals surface area (Å²) in [6.07, 6.45) is 4.06. The maximum Gasteiger partial charge on any atom is 0.246 e. The zero-order valence-electron chi connectivity index (χ0n) is 10.9. The number of hydrogen-bond acceptors (Lipinski definition) is 3. The van der Waals surface area contributed by atoms with E-state index in [-0.39, 0.29) is 0 Å². The lowest BCUT2D eigenvalue weighted by Gasteiger charge is -2.01. The van der Waals surface area contributed by atoms with E-state index in [9.17, 15) is 0 Å². The molecule has 0 aliphatic carbocycles. The molecule has 0 bridgehead atoms. The van der Waals surface area contributed by atoms with Gasteiger partial charge in [0.05, 0.1) is 0 Å². The molecule has 0 radical (unpaired) electrons. The molecule has 0 amide bonds. The lowest BCUT2D eigenvalue weighted by atomic mass is 10.2. The fourth-order valence-electron chi connectivity index (χ4n) is 1.92. The van der Waals surface area contributed by atoms with Crippen molar-refractivity contribution in [3.8, 4) is 0 Å². The highest BCUT2D eigenvalue weighted by atomic mass is 16.5. The van der Waals surface area contributed by atoms with Gasteiger partial charge in [0, 0.05) is 18.3 Å². The van der Waals surface area contributed by atoms with Gasteiger partial charge in [-0.25, -0.2) is 0 Å². The smallest absolute Gasteiger partial charge is 0.246 e. The summed E-state index contributed by atoms with van der Waals surface area (Å²) in [5, 5.41) is 3.96. The minimum atomic E-state index is 0.664. The van der Waals surface area contributed by atoms with Crippen LogP contribution in [0.15, 0.2) is 10.7 Å². The average molecular weight is 233 g/mol. The lowest BCUT2D eigenvalue weighted by molar-refractivity contribution is 0.365. The van der Waals surface area contributed by atoms with Crippen LogP contribution >= 0.6 is 0 Å². The molecule has 17 heavy (non-hydrogen) atoms. The van der Waals surface area contributed by atoms with Crippen molar-refractivity contribution in [1.29, 1.82) is 0 Å². The van der Waals surface area contributed by atoms with Crippen molar-refractivity contribution in [1.82, 2.24) is 14.7 Å². The number of nitrogens with zero attached hydrogens (tertiary/aromatic N) is 3. The summed E-state index contributed by atoms with van der Waals surface area (Å²) in [6, 6.07) is 0. The van der Waals surface area contributed by atoms with Crippen LogP contribution in [0.5, 0.6) is 0 Å². The average Bonchev–Trinajstić information content (AvgIpc) is 2.82. The third-order valence-electron chi connectivity index (χ3n) is 3.20. The van der Waals surface area contributed by atoms with Gasteiger partial charge in [-0.15, -0.1) is 0 Å². The Morgan fingerprint density at radius 2 is 2.06 bits per heavy atom. The van der Waals surface area contributed by atoms with Crippen molar-refractivity contribution >= 4 is 0 Å². The molecule has 4 heteroatoms. The van der Waals surface area contributed by atoms with Crippen LogP contribution < -0.4 is 0 Å². The predicted octanol–water partition coefficient (Wildman–Crippen LogP) is 2.80. The predicted molar refractivity (Wildman–Crippen MR) is 66.0 cm³/mol. The number of aryl methyl sites for hydroxylation is 2. The number of rotatable bonds is 4. The molecule has 4 nitrogen and oxygen atoms in total. The topological polar surface area (TPSA) is 43.9 Å². The van der Waals surface area contributed by atoms with E-state index in [0.29, 0.717) is 12.4 Å². The van der Waals surface area contributed by atoms with E-state index < -0.39 is 0 Å². The maximum atomic E-state index is 5.24. The third-order valence-corrected chi connectivity index (χ3v) is 3.20. The van der Waals surface area contributed by atoms with Crippen LogP contribution in [0.3, 0.4) is 0 Å². The molecular formula is C13H19N3O. The second-order valence-corrected chi connectivity index (χ2v) is 4.50. The van der Waals surface area contributed by atoms with E-state index in [2.05, 4.69) is 48.6 Å². The highest BCUT2D eigenvalue weighted by Crippen LogP contribution is 2.15. The van der Waals surface area contributed by atoms with Crippen LogP contribution in [0.1, 0.15) is 41.9 Å². The summed E-state index contributed by atoms with van der Waals surface area (Å²) in [5.41, 5.74) is 3.90. The summed E-state index contributed by atoms with van der Waals surface area (Å²) >= 11 is 0. The molecule has 0 aliphatic heterocycles. The molecule has 0 atom stereocenters. The first-order valence-electron chi connectivity index (χ1n) is 6.06. The summed E-state index contributed by atoms with van der Waals surface area (Å²) in [7, 11) is 0. The monoisotopic (exact) mass is 233 g/mol. The first kappa shape index (κ1) is 11.9. The Labute approximate surface area is 102 Å². The van der Waals surface area contributed by atoms with Crippen molar-refractivity contribution < 1.29 is 4.52 Å². The van der Waals surface area contributed by atoms with Gasteiger partial charge in [-0.3, -0.25) is 0 Å². The van der Waals surface area contributed by atoms with Gasteiger partial charge in [0.2, 0.25) is 5.89 Å². The van der Waals surface area contributed by atoms with E-state index in [1.165, 1.54) is 16.8 Å². The van der Waals surface area contributed by atoms with Gasteiger partial charge in [0.15, 0.2) is 5.82 Å². The van der Waals surface area contributed by atoms with Crippen molar-refractivity contribution in [2.24, 2.45) is 0 Å². The fraction of sp³-hybridized carbons (Fsp3) is 0.538. The van der Waals surface area contributed by atoms with Crippen molar-refractivity contribution in [2.45, 2.75) is 47.1 Å². The molecule has 0 fully saturated rings. The third kappa shape index (κ3) is 2.40. The van der Waals surface area contributed by atoms with E-state index in [1.54, 1.807) is 0 Å². The summed E-state index contributed by atoms with van der Waals surface area (Å²) in [6.45, 7) is 9.15. The van der Waals surface area contributed by atoms with E-state index >= 15 is 0 Å². The Balaban J connectivity index is 2.16. The van der Waals surface area contributed by atoms with E-state index in [0.717, 1.165) is 18.7 Å². The molecule has 92 valence electrons. The number of hydrogen-bond donors (Lipinski definition) is 0. The summed E-state index contributed by atoms with van der Waals surface area (Å²) in [5.74, 6) is 1.49. The largest absolute Gasteiger partial charge is 0.342 e. The van der Waals surface area contributed by atoms with Gasteiger partial charge in [0.1, 0.15) is 6.54 Å². The Morgan fingerprint density at radius 1 is 1.29 bits per heavy atom. The Hall–Kier alpha value is -1.58. The molecule has 0 saturated carbocycles. The minimum absolute atomic E-state index is 0.664. The van der Waals surface area contributed by atoms with E-state index in [4.69, 9.17) is 4.52 Å². The lowest BCUT2D eigenvalue weighted by Crippen LogP contribution is -2.01. The number of aromatic nitrogens is 3. The van der Waals surface area contributed by atoms with E-state index in [1.807, 2.05) is 0 Å². The molecule has 2 rings (SSSR count). The van der Waals surface area contributed by atoms with Gasteiger partial charge in [-0.2, -0.15) is 4.98 Å². The standard InChI is InChI=1S/C13H19N3O/c1-5-6-12-14-13(17-15-12)8-16-7-9(2)10(3)11(16)4/h7H,5-6,8H2,1-4H3. The quantitative estimate of drug-likeness (QED) is 0.815. The van der Waals surface area contributed by atoms with Gasteiger partial charge in [-0.1, -0.05) is 12.1 Å². The molecule has 0 unspecified atom stereocenters. The van der Waals surface area contributed by atoms with Gasteiger partial charge >= 0.3 is 0 Å². The van der Waals surface area contributed by atoms with Crippen molar-refractivity contribution in [2.75, 3.05) is 0 Å². The minimum Gasteiger partial charge on any atom is -0.342 e. The Bertz CT molecular complexity index is 511. The van der Waals surface area contributed by atoms with Crippen molar-refractivity contribution in [3.63, 3.8) is 0 Å². The molecule has 2 aromatic rings. The van der Waals surface area contributed by atoms with Crippen LogP contribution in [0.25, 0.3) is 0 Å². The zero-order chi connectivity index (χ0) is 12.4.